The molecular formula is C17H17BrFN. The third-order valence-corrected chi connectivity index (χ3v) is 4.55. The van der Waals surface area contributed by atoms with Crippen LogP contribution in [-0.2, 0) is 6.42 Å². The molecule has 0 spiro atoms. The number of rotatable bonds is 4. The molecule has 104 valence electrons. The van der Waals surface area contributed by atoms with E-state index in [1.807, 2.05) is 19.1 Å². The van der Waals surface area contributed by atoms with Gasteiger partial charge in [-0.1, -0.05) is 46.3 Å². The Kier molecular flexibility index (Phi) is 3.90. The van der Waals surface area contributed by atoms with E-state index in [1.54, 1.807) is 0 Å². The summed E-state index contributed by atoms with van der Waals surface area (Å²) in [5, 5.41) is 3.45. The second-order valence-electron chi connectivity index (χ2n) is 5.40. The largest absolute Gasteiger partial charge is 0.309 e. The van der Waals surface area contributed by atoms with Crippen molar-refractivity contribution in [2.75, 3.05) is 6.54 Å². The summed E-state index contributed by atoms with van der Waals surface area (Å²) in [4.78, 5) is 0. The van der Waals surface area contributed by atoms with Crippen LogP contribution in [-0.4, -0.2) is 6.54 Å². The van der Waals surface area contributed by atoms with E-state index in [-0.39, 0.29) is 11.9 Å². The highest BCUT2D eigenvalue weighted by Gasteiger charge is 2.25. The van der Waals surface area contributed by atoms with Crippen molar-refractivity contribution in [3.8, 4) is 0 Å². The molecule has 1 aliphatic carbocycles. The minimum absolute atomic E-state index is 0.0239. The first-order valence-electron chi connectivity index (χ1n) is 6.91. The number of benzene rings is 2. The molecule has 1 N–H and O–H groups in total. The molecule has 20 heavy (non-hydrogen) atoms. The first-order valence-corrected chi connectivity index (χ1v) is 7.70. The van der Waals surface area contributed by atoms with Crippen molar-refractivity contribution in [3.05, 3.63) is 69.4 Å². The Morgan fingerprint density at radius 1 is 1.30 bits per heavy atom. The minimum Gasteiger partial charge on any atom is -0.309 e. The number of halogens is 2. The van der Waals surface area contributed by atoms with Crippen molar-refractivity contribution in [2.24, 2.45) is 0 Å². The highest BCUT2D eigenvalue weighted by Crippen LogP contribution is 2.34. The normalized spacial score (nSPS) is 18.2. The third kappa shape index (κ3) is 2.65. The van der Waals surface area contributed by atoms with Crippen molar-refractivity contribution in [1.82, 2.24) is 5.32 Å². The zero-order valence-corrected chi connectivity index (χ0v) is 13.0. The van der Waals surface area contributed by atoms with Crippen LogP contribution >= 0.6 is 15.9 Å². The van der Waals surface area contributed by atoms with Crippen molar-refractivity contribution in [2.45, 2.75) is 25.3 Å². The molecular weight excluding hydrogens is 317 g/mol. The predicted octanol–water partition coefficient (Wildman–Crippen LogP) is 4.58. The molecule has 0 radical (unpaired) electrons. The van der Waals surface area contributed by atoms with Gasteiger partial charge in [0.15, 0.2) is 0 Å². The summed E-state index contributed by atoms with van der Waals surface area (Å²) in [6, 6.07) is 13.8. The molecule has 0 heterocycles. The fourth-order valence-electron chi connectivity index (χ4n) is 2.83. The molecule has 2 unspecified atom stereocenters. The van der Waals surface area contributed by atoms with Crippen LogP contribution in [0, 0.1) is 5.82 Å². The van der Waals surface area contributed by atoms with E-state index < -0.39 is 0 Å². The molecule has 0 aliphatic heterocycles. The van der Waals surface area contributed by atoms with Gasteiger partial charge in [-0.05, 0) is 36.6 Å². The standard InChI is InChI=1S/C17H17BrFN/c1-11(15-7-6-14(18)9-17(15)19)20-10-13-8-12-4-2-3-5-16(12)13/h2-7,9,11,13,20H,8,10H2,1H3. The maximum absolute atomic E-state index is 13.9. The maximum Gasteiger partial charge on any atom is 0.129 e. The van der Waals surface area contributed by atoms with E-state index in [4.69, 9.17) is 0 Å². The van der Waals surface area contributed by atoms with Gasteiger partial charge < -0.3 is 5.32 Å². The Balaban J connectivity index is 1.62. The van der Waals surface area contributed by atoms with Gasteiger partial charge in [0, 0.05) is 28.5 Å². The molecule has 0 amide bonds. The number of nitrogens with one attached hydrogen (secondary N) is 1. The van der Waals surface area contributed by atoms with Gasteiger partial charge in [-0.2, -0.15) is 0 Å². The van der Waals surface area contributed by atoms with Crippen molar-refractivity contribution in [3.63, 3.8) is 0 Å². The molecule has 0 aromatic heterocycles. The maximum atomic E-state index is 13.9. The van der Waals surface area contributed by atoms with E-state index in [0.29, 0.717) is 5.92 Å². The van der Waals surface area contributed by atoms with Gasteiger partial charge in [0.1, 0.15) is 5.82 Å². The molecule has 3 heteroatoms. The summed E-state index contributed by atoms with van der Waals surface area (Å²) in [6.45, 7) is 2.91. The van der Waals surface area contributed by atoms with Gasteiger partial charge in [0.25, 0.3) is 0 Å². The van der Waals surface area contributed by atoms with Gasteiger partial charge in [-0.3, -0.25) is 0 Å². The first kappa shape index (κ1) is 13.8. The SMILES string of the molecule is CC(NCC1Cc2ccccc21)c1ccc(Br)cc1F. The molecule has 0 fully saturated rings. The third-order valence-electron chi connectivity index (χ3n) is 4.06. The molecule has 0 saturated heterocycles. The average molecular weight is 334 g/mol. The Morgan fingerprint density at radius 3 is 2.85 bits per heavy atom. The lowest BCUT2D eigenvalue weighted by Crippen LogP contribution is -2.31. The Hall–Kier alpha value is -1.19. The molecule has 0 bridgehead atoms. The molecule has 0 saturated carbocycles. The molecule has 2 aromatic carbocycles. The van der Waals surface area contributed by atoms with E-state index in [9.17, 15) is 4.39 Å². The van der Waals surface area contributed by atoms with E-state index in [0.717, 1.165) is 23.0 Å². The summed E-state index contributed by atoms with van der Waals surface area (Å²) < 4.78 is 14.7. The molecule has 1 aliphatic rings. The topological polar surface area (TPSA) is 12.0 Å². The molecule has 3 rings (SSSR count). The molecule has 2 atom stereocenters. The second kappa shape index (κ2) is 5.66. The summed E-state index contributed by atoms with van der Waals surface area (Å²) in [5.74, 6) is 0.403. The van der Waals surface area contributed by atoms with Crippen molar-refractivity contribution < 1.29 is 4.39 Å². The highest BCUT2D eigenvalue weighted by atomic mass is 79.9. The number of hydrogen-bond donors (Lipinski definition) is 1. The van der Waals surface area contributed by atoms with Crippen LogP contribution in [0.1, 0.15) is 35.6 Å². The highest BCUT2D eigenvalue weighted by molar-refractivity contribution is 9.10. The van der Waals surface area contributed by atoms with Gasteiger partial charge >= 0.3 is 0 Å². The van der Waals surface area contributed by atoms with E-state index in [2.05, 4.69) is 45.5 Å². The first-order chi connectivity index (χ1) is 9.65. The summed E-state index contributed by atoms with van der Waals surface area (Å²) in [7, 11) is 0. The van der Waals surface area contributed by atoms with Crippen LogP contribution in [0.3, 0.4) is 0 Å². The lowest BCUT2D eigenvalue weighted by Gasteiger charge is -2.31. The summed E-state index contributed by atoms with van der Waals surface area (Å²) >= 11 is 3.29. The summed E-state index contributed by atoms with van der Waals surface area (Å²) in [5.41, 5.74) is 3.60. The Labute approximate surface area is 127 Å². The predicted molar refractivity (Wildman–Crippen MR) is 83.4 cm³/mol. The van der Waals surface area contributed by atoms with Gasteiger partial charge in [0.05, 0.1) is 0 Å². The van der Waals surface area contributed by atoms with Gasteiger partial charge in [0.2, 0.25) is 0 Å². The average Bonchev–Trinajstić information content (AvgIpc) is 2.39. The minimum atomic E-state index is -0.159. The zero-order chi connectivity index (χ0) is 14.1. The van der Waals surface area contributed by atoms with Crippen LogP contribution in [0.4, 0.5) is 4.39 Å². The molecule has 2 aromatic rings. The zero-order valence-electron chi connectivity index (χ0n) is 11.4. The van der Waals surface area contributed by atoms with Gasteiger partial charge in [-0.15, -0.1) is 0 Å². The smallest absolute Gasteiger partial charge is 0.129 e. The van der Waals surface area contributed by atoms with Crippen LogP contribution < -0.4 is 5.32 Å². The van der Waals surface area contributed by atoms with E-state index in [1.165, 1.54) is 17.2 Å². The van der Waals surface area contributed by atoms with Crippen LogP contribution in [0.25, 0.3) is 0 Å². The molecule has 1 nitrogen and oxygen atoms in total. The van der Waals surface area contributed by atoms with Crippen LogP contribution in [0.15, 0.2) is 46.9 Å². The quantitative estimate of drug-likeness (QED) is 0.863. The number of fused-ring (bicyclic) bond motifs is 1. The van der Waals surface area contributed by atoms with Crippen molar-refractivity contribution in [1.29, 1.82) is 0 Å². The number of hydrogen-bond acceptors (Lipinski definition) is 1. The fraction of sp³-hybridized carbons (Fsp3) is 0.294. The summed E-state index contributed by atoms with van der Waals surface area (Å²) in [6.07, 6.45) is 1.12. The monoisotopic (exact) mass is 333 g/mol. The van der Waals surface area contributed by atoms with Gasteiger partial charge in [-0.25, -0.2) is 4.39 Å². The van der Waals surface area contributed by atoms with Crippen molar-refractivity contribution >= 4 is 15.9 Å². The van der Waals surface area contributed by atoms with Crippen LogP contribution in [0.5, 0.6) is 0 Å². The fourth-order valence-corrected chi connectivity index (χ4v) is 3.16. The van der Waals surface area contributed by atoms with Crippen LogP contribution in [0.2, 0.25) is 0 Å². The Bertz CT molecular complexity index is 626. The Morgan fingerprint density at radius 2 is 2.10 bits per heavy atom. The van der Waals surface area contributed by atoms with E-state index >= 15 is 0 Å². The lowest BCUT2D eigenvalue weighted by atomic mass is 9.77. The lowest BCUT2D eigenvalue weighted by molar-refractivity contribution is 0.474. The second-order valence-corrected chi connectivity index (χ2v) is 6.31.